The summed E-state index contributed by atoms with van der Waals surface area (Å²) in [5, 5.41) is 15.4. The number of hydrogen-bond acceptors (Lipinski definition) is 3. The molecule has 1 aromatic heterocycles. The maximum absolute atomic E-state index is 11.8. The number of para-hydroxylation sites is 1. The normalized spacial score (nSPS) is 10.1. The van der Waals surface area contributed by atoms with E-state index in [2.05, 4.69) is 10.4 Å². The van der Waals surface area contributed by atoms with Gasteiger partial charge in [0.2, 0.25) is 0 Å². The third-order valence-corrected chi connectivity index (χ3v) is 2.37. The van der Waals surface area contributed by atoms with E-state index in [4.69, 9.17) is 5.11 Å². The van der Waals surface area contributed by atoms with Crippen molar-refractivity contribution < 1.29 is 14.7 Å². The van der Waals surface area contributed by atoms with Gasteiger partial charge in [-0.3, -0.25) is 9.48 Å². The molecule has 0 fully saturated rings. The van der Waals surface area contributed by atoms with E-state index in [0.717, 1.165) is 0 Å². The van der Waals surface area contributed by atoms with Crippen molar-refractivity contribution in [2.75, 3.05) is 5.32 Å². The number of aryl methyl sites for hydroxylation is 1. The van der Waals surface area contributed by atoms with Gasteiger partial charge in [-0.15, -0.1) is 0 Å². The van der Waals surface area contributed by atoms with E-state index >= 15 is 0 Å². The topological polar surface area (TPSA) is 84.2 Å². The molecule has 0 spiro atoms. The van der Waals surface area contributed by atoms with Crippen molar-refractivity contribution in [1.82, 2.24) is 9.78 Å². The number of amides is 1. The second kappa shape index (κ2) is 4.70. The van der Waals surface area contributed by atoms with Gasteiger partial charge >= 0.3 is 5.97 Å². The molecule has 2 aromatic rings. The number of benzene rings is 1. The average molecular weight is 245 g/mol. The number of nitrogens with zero attached hydrogens (tertiary/aromatic N) is 2. The molecule has 0 bridgehead atoms. The minimum absolute atomic E-state index is 0.0507. The van der Waals surface area contributed by atoms with E-state index in [9.17, 15) is 9.59 Å². The summed E-state index contributed by atoms with van der Waals surface area (Å²) in [6.07, 6.45) is 2.97. The van der Waals surface area contributed by atoms with E-state index in [0.29, 0.717) is 5.56 Å². The molecule has 92 valence electrons. The highest BCUT2D eigenvalue weighted by molar-refractivity contribution is 6.07. The SMILES string of the molecule is Cn1cc(C(=O)Nc2ccccc2C(=O)O)cn1. The Morgan fingerprint density at radius 1 is 1.33 bits per heavy atom. The fourth-order valence-electron chi connectivity index (χ4n) is 1.51. The lowest BCUT2D eigenvalue weighted by atomic mass is 10.1. The number of nitrogens with one attached hydrogen (secondary N) is 1. The van der Waals surface area contributed by atoms with Crippen LogP contribution in [0.3, 0.4) is 0 Å². The van der Waals surface area contributed by atoms with Crippen LogP contribution in [0.5, 0.6) is 0 Å². The Labute approximate surface area is 103 Å². The number of carboxylic acid groups (broad SMARTS) is 1. The van der Waals surface area contributed by atoms with E-state index in [1.165, 1.54) is 23.0 Å². The Hall–Kier alpha value is -2.63. The Balaban J connectivity index is 2.24. The lowest BCUT2D eigenvalue weighted by Gasteiger charge is -2.06. The Morgan fingerprint density at radius 3 is 2.67 bits per heavy atom. The van der Waals surface area contributed by atoms with Crippen LogP contribution in [-0.2, 0) is 7.05 Å². The highest BCUT2D eigenvalue weighted by atomic mass is 16.4. The molecular formula is C12H11N3O3. The van der Waals surface area contributed by atoms with Gasteiger partial charge in [-0.05, 0) is 12.1 Å². The molecule has 2 N–H and O–H groups in total. The minimum Gasteiger partial charge on any atom is -0.478 e. The van der Waals surface area contributed by atoms with Crippen LogP contribution in [0.4, 0.5) is 5.69 Å². The fourth-order valence-corrected chi connectivity index (χ4v) is 1.51. The third-order valence-electron chi connectivity index (χ3n) is 2.37. The van der Waals surface area contributed by atoms with E-state index in [1.807, 2.05) is 0 Å². The van der Waals surface area contributed by atoms with Gasteiger partial charge in [-0.25, -0.2) is 4.79 Å². The number of rotatable bonds is 3. The van der Waals surface area contributed by atoms with Gasteiger partial charge in [0.15, 0.2) is 0 Å². The van der Waals surface area contributed by atoms with Gasteiger partial charge in [0, 0.05) is 13.2 Å². The second-order valence-electron chi connectivity index (χ2n) is 3.71. The first kappa shape index (κ1) is 11.8. The number of hydrogen-bond donors (Lipinski definition) is 2. The van der Waals surface area contributed by atoms with Crippen LogP contribution >= 0.6 is 0 Å². The van der Waals surface area contributed by atoms with Crippen molar-refractivity contribution in [2.24, 2.45) is 7.05 Å². The minimum atomic E-state index is -1.09. The van der Waals surface area contributed by atoms with Gasteiger partial charge < -0.3 is 10.4 Å². The summed E-state index contributed by atoms with van der Waals surface area (Å²) < 4.78 is 1.50. The molecule has 0 aliphatic carbocycles. The Bertz CT molecular complexity index is 604. The molecule has 2 rings (SSSR count). The van der Waals surface area contributed by atoms with Crippen molar-refractivity contribution in [1.29, 1.82) is 0 Å². The molecule has 1 amide bonds. The van der Waals surface area contributed by atoms with Crippen LogP contribution in [0, 0.1) is 0 Å². The summed E-state index contributed by atoms with van der Waals surface area (Å²) >= 11 is 0. The first-order chi connectivity index (χ1) is 8.58. The number of aromatic nitrogens is 2. The van der Waals surface area contributed by atoms with Crippen molar-refractivity contribution in [3.63, 3.8) is 0 Å². The molecule has 0 atom stereocenters. The zero-order valence-corrected chi connectivity index (χ0v) is 9.62. The zero-order chi connectivity index (χ0) is 13.1. The van der Waals surface area contributed by atoms with Gasteiger partial charge in [0.25, 0.3) is 5.91 Å². The molecule has 0 unspecified atom stereocenters. The predicted octanol–water partition coefficient (Wildman–Crippen LogP) is 1.37. The molecular weight excluding hydrogens is 234 g/mol. The third kappa shape index (κ3) is 2.37. The van der Waals surface area contributed by atoms with Gasteiger partial charge in [0.05, 0.1) is 23.0 Å². The largest absolute Gasteiger partial charge is 0.478 e. The molecule has 6 heteroatoms. The van der Waals surface area contributed by atoms with Crippen molar-refractivity contribution >= 4 is 17.6 Å². The van der Waals surface area contributed by atoms with Gasteiger partial charge in [-0.2, -0.15) is 5.10 Å². The van der Waals surface area contributed by atoms with Crippen molar-refractivity contribution in [2.45, 2.75) is 0 Å². The van der Waals surface area contributed by atoms with Crippen molar-refractivity contribution in [3.05, 3.63) is 47.8 Å². The molecule has 0 aliphatic heterocycles. The predicted molar refractivity (Wildman–Crippen MR) is 64.6 cm³/mol. The average Bonchev–Trinajstić information content (AvgIpc) is 2.76. The lowest BCUT2D eigenvalue weighted by Crippen LogP contribution is -2.14. The highest BCUT2D eigenvalue weighted by Crippen LogP contribution is 2.15. The van der Waals surface area contributed by atoms with E-state index in [-0.39, 0.29) is 11.3 Å². The van der Waals surface area contributed by atoms with Crippen LogP contribution in [0.1, 0.15) is 20.7 Å². The molecule has 0 radical (unpaired) electrons. The highest BCUT2D eigenvalue weighted by Gasteiger charge is 2.13. The summed E-state index contributed by atoms with van der Waals surface area (Å²) in [5.74, 6) is -1.48. The number of carbonyl (C=O) groups excluding carboxylic acids is 1. The van der Waals surface area contributed by atoms with Crippen LogP contribution < -0.4 is 5.32 Å². The summed E-state index contributed by atoms with van der Waals surface area (Å²) in [6, 6.07) is 6.23. The molecule has 0 saturated heterocycles. The van der Waals surface area contributed by atoms with Crippen LogP contribution in [-0.4, -0.2) is 26.8 Å². The number of aromatic carboxylic acids is 1. The number of anilines is 1. The number of carboxylic acids is 1. The Kier molecular flexibility index (Phi) is 3.09. The van der Waals surface area contributed by atoms with E-state index < -0.39 is 11.9 Å². The maximum Gasteiger partial charge on any atom is 0.337 e. The first-order valence-electron chi connectivity index (χ1n) is 5.20. The second-order valence-corrected chi connectivity index (χ2v) is 3.71. The van der Waals surface area contributed by atoms with Crippen molar-refractivity contribution in [3.8, 4) is 0 Å². The monoisotopic (exact) mass is 245 g/mol. The smallest absolute Gasteiger partial charge is 0.337 e. The standard InChI is InChI=1S/C12H11N3O3/c1-15-7-8(6-13-15)11(16)14-10-5-3-2-4-9(10)12(17)18/h2-7H,1H3,(H,14,16)(H,17,18). The molecule has 1 heterocycles. The van der Waals surface area contributed by atoms with Crippen LogP contribution in [0.2, 0.25) is 0 Å². The van der Waals surface area contributed by atoms with Gasteiger partial charge in [-0.1, -0.05) is 12.1 Å². The summed E-state index contributed by atoms with van der Waals surface area (Å²) in [7, 11) is 1.70. The summed E-state index contributed by atoms with van der Waals surface area (Å²) in [5.41, 5.74) is 0.686. The molecule has 6 nitrogen and oxygen atoms in total. The summed E-state index contributed by atoms with van der Waals surface area (Å²) in [4.78, 5) is 22.8. The molecule has 1 aromatic carbocycles. The lowest BCUT2D eigenvalue weighted by molar-refractivity contribution is 0.0698. The summed E-state index contributed by atoms with van der Waals surface area (Å²) in [6.45, 7) is 0. The molecule has 0 saturated carbocycles. The fraction of sp³-hybridized carbons (Fsp3) is 0.0833. The van der Waals surface area contributed by atoms with Crippen LogP contribution in [0.25, 0.3) is 0 Å². The van der Waals surface area contributed by atoms with Crippen LogP contribution in [0.15, 0.2) is 36.7 Å². The zero-order valence-electron chi connectivity index (χ0n) is 9.62. The number of carbonyl (C=O) groups is 2. The molecule has 18 heavy (non-hydrogen) atoms. The maximum atomic E-state index is 11.8. The molecule has 0 aliphatic rings. The quantitative estimate of drug-likeness (QED) is 0.855. The Morgan fingerprint density at radius 2 is 2.06 bits per heavy atom. The first-order valence-corrected chi connectivity index (χ1v) is 5.20. The van der Waals surface area contributed by atoms with Gasteiger partial charge in [0.1, 0.15) is 0 Å². The van der Waals surface area contributed by atoms with E-state index in [1.54, 1.807) is 25.4 Å².